The summed E-state index contributed by atoms with van der Waals surface area (Å²) in [4.78, 5) is 41.5. The van der Waals surface area contributed by atoms with Crippen molar-refractivity contribution in [1.29, 1.82) is 0 Å². The van der Waals surface area contributed by atoms with Crippen molar-refractivity contribution >= 4 is 50.9 Å². The molecule has 0 bridgehead atoms. The highest BCUT2D eigenvalue weighted by atomic mass is 35.5. The van der Waals surface area contributed by atoms with Gasteiger partial charge < -0.3 is 10.2 Å². The van der Waals surface area contributed by atoms with Crippen molar-refractivity contribution in [3.05, 3.63) is 99.5 Å². The van der Waals surface area contributed by atoms with E-state index in [0.29, 0.717) is 27.9 Å². The van der Waals surface area contributed by atoms with Gasteiger partial charge in [-0.05, 0) is 41.8 Å². The Hall–Kier alpha value is -3.40. The van der Waals surface area contributed by atoms with Crippen LogP contribution < -0.4 is 5.32 Å². The average molecular weight is 589 g/mol. The fourth-order valence-electron chi connectivity index (χ4n) is 4.35. The second-order valence-electron chi connectivity index (χ2n) is 9.07. The predicted octanol–water partition coefficient (Wildman–Crippen LogP) is 4.30. The number of halogens is 2. The number of sulfonamides is 1. The molecule has 11 heteroatoms. The fraction of sp³-hybridized carbons (Fsp3) is 0.250. The molecular weight excluding hydrogens is 561 g/mol. The molecule has 0 radical (unpaired) electrons. The second kappa shape index (κ2) is 12.2. The summed E-state index contributed by atoms with van der Waals surface area (Å²) in [7, 11) is -4.24. The molecule has 3 aromatic rings. The van der Waals surface area contributed by atoms with Gasteiger partial charge in [-0.25, -0.2) is 12.7 Å². The van der Waals surface area contributed by atoms with Crippen molar-refractivity contribution < 1.29 is 22.8 Å². The number of nitrogens with one attached hydrogen (secondary N) is 1. The molecule has 0 aliphatic carbocycles. The third-order valence-corrected chi connectivity index (χ3v) is 8.74. The number of hydrogen-bond acceptors (Lipinski definition) is 5. The number of carbonyl (C=O) groups excluding carboxylic acids is 3. The van der Waals surface area contributed by atoms with Crippen molar-refractivity contribution in [2.45, 2.75) is 37.2 Å². The number of benzene rings is 3. The SMILES string of the molecule is CCCNC(=O)[C@@H](Cc1ccccc1)N(Cc1ccc(Cl)cc1Cl)C(=O)CN1C(=O)c2ccccc2S1(=O)=O. The van der Waals surface area contributed by atoms with Gasteiger partial charge in [0.15, 0.2) is 0 Å². The lowest BCUT2D eigenvalue weighted by atomic mass is 10.0. The Morgan fingerprint density at radius 1 is 1.00 bits per heavy atom. The molecule has 0 aromatic heterocycles. The molecule has 8 nitrogen and oxygen atoms in total. The Bertz CT molecular complexity index is 1500. The Morgan fingerprint density at radius 2 is 1.69 bits per heavy atom. The average Bonchev–Trinajstić information content (AvgIpc) is 3.11. The van der Waals surface area contributed by atoms with Gasteiger partial charge in [0, 0.05) is 29.6 Å². The molecule has 1 aliphatic rings. The molecule has 0 saturated heterocycles. The molecule has 0 fully saturated rings. The third-order valence-electron chi connectivity index (χ3n) is 6.37. The van der Waals surface area contributed by atoms with Crippen LogP contribution in [0.1, 0.15) is 34.8 Å². The van der Waals surface area contributed by atoms with Gasteiger partial charge >= 0.3 is 0 Å². The predicted molar refractivity (Wildman–Crippen MR) is 149 cm³/mol. The maximum Gasteiger partial charge on any atom is 0.269 e. The summed E-state index contributed by atoms with van der Waals surface area (Å²) in [6.07, 6.45) is 0.841. The van der Waals surface area contributed by atoms with E-state index in [1.807, 2.05) is 37.3 Å². The Labute approximate surface area is 237 Å². The van der Waals surface area contributed by atoms with Crippen molar-refractivity contribution in [2.24, 2.45) is 0 Å². The number of carbonyl (C=O) groups is 3. The van der Waals surface area contributed by atoms with Crippen LogP contribution in [0.3, 0.4) is 0 Å². The van der Waals surface area contributed by atoms with E-state index in [-0.39, 0.29) is 28.4 Å². The van der Waals surface area contributed by atoms with Crippen LogP contribution in [0.2, 0.25) is 10.0 Å². The molecule has 0 unspecified atom stereocenters. The summed E-state index contributed by atoms with van der Waals surface area (Å²) in [5.74, 6) is -1.92. The molecule has 0 spiro atoms. The first-order chi connectivity index (χ1) is 18.6. The number of hydrogen-bond donors (Lipinski definition) is 1. The molecule has 3 amide bonds. The quantitative estimate of drug-likeness (QED) is 0.381. The lowest BCUT2D eigenvalue weighted by Crippen LogP contribution is -2.53. The van der Waals surface area contributed by atoms with Gasteiger partial charge in [-0.3, -0.25) is 14.4 Å². The standard InChI is InChI=1S/C28H27Cl2N3O5S/c1-2-14-31-27(35)24(15-19-8-4-3-5-9-19)32(17-20-12-13-21(29)16-23(20)30)26(34)18-33-28(36)22-10-6-7-11-25(22)39(33,37)38/h3-13,16,24H,2,14-15,17-18H2,1H3,(H,31,35)/t24-/m1/s1. The molecule has 1 aliphatic heterocycles. The Morgan fingerprint density at radius 3 is 2.36 bits per heavy atom. The summed E-state index contributed by atoms with van der Waals surface area (Å²) in [5.41, 5.74) is 1.31. The first-order valence-corrected chi connectivity index (χ1v) is 14.5. The zero-order chi connectivity index (χ0) is 28.2. The summed E-state index contributed by atoms with van der Waals surface area (Å²) in [6.45, 7) is 1.42. The second-order valence-corrected chi connectivity index (χ2v) is 11.7. The molecule has 3 aromatic carbocycles. The van der Waals surface area contributed by atoms with E-state index in [9.17, 15) is 22.8 Å². The van der Waals surface area contributed by atoms with E-state index in [1.54, 1.807) is 18.2 Å². The van der Waals surface area contributed by atoms with E-state index in [4.69, 9.17) is 23.2 Å². The summed E-state index contributed by atoms with van der Waals surface area (Å²) < 4.78 is 26.9. The van der Waals surface area contributed by atoms with Crippen molar-refractivity contribution in [1.82, 2.24) is 14.5 Å². The van der Waals surface area contributed by atoms with Gasteiger partial charge in [-0.2, -0.15) is 0 Å². The van der Waals surface area contributed by atoms with Crippen LogP contribution >= 0.6 is 23.2 Å². The van der Waals surface area contributed by atoms with Crippen LogP contribution in [0, 0.1) is 0 Å². The van der Waals surface area contributed by atoms with Gasteiger partial charge in [0.25, 0.3) is 15.9 Å². The Kier molecular flexibility index (Phi) is 8.94. The first-order valence-electron chi connectivity index (χ1n) is 12.3. The highest BCUT2D eigenvalue weighted by Crippen LogP contribution is 2.30. The van der Waals surface area contributed by atoms with Gasteiger partial charge in [0.05, 0.1) is 5.56 Å². The van der Waals surface area contributed by atoms with Crippen molar-refractivity contribution in [3.8, 4) is 0 Å². The molecule has 204 valence electrons. The first kappa shape index (κ1) is 28.6. The molecule has 1 atom stereocenters. The lowest BCUT2D eigenvalue weighted by Gasteiger charge is -2.32. The maximum absolute atomic E-state index is 13.9. The molecule has 1 N–H and O–H groups in total. The lowest BCUT2D eigenvalue weighted by molar-refractivity contribution is -0.141. The molecule has 1 heterocycles. The van der Waals surface area contributed by atoms with Crippen LogP contribution in [0.5, 0.6) is 0 Å². The minimum Gasteiger partial charge on any atom is -0.354 e. The monoisotopic (exact) mass is 587 g/mol. The van der Waals surface area contributed by atoms with Crippen molar-refractivity contribution in [2.75, 3.05) is 13.1 Å². The van der Waals surface area contributed by atoms with Gasteiger partial charge in [0.2, 0.25) is 11.8 Å². The van der Waals surface area contributed by atoms with Crippen LogP contribution in [0.15, 0.2) is 77.7 Å². The fourth-order valence-corrected chi connectivity index (χ4v) is 6.34. The summed E-state index contributed by atoms with van der Waals surface area (Å²) in [6, 6.07) is 18.7. The van der Waals surface area contributed by atoms with Crippen LogP contribution in [-0.4, -0.2) is 54.5 Å². The number of nitrogens with zero attached hydrogens (tertiary/aromatic N) is 2. The number of rotatable bonds is 10. The van der Waals surface area contributed by atoms with Crippen LogP contribution in [0.25, 0.3) is 0 Å². The van der Waals surface area contributed by atoms with Gasteiger partial charge in [0.1, 0.15) is 17.5 Å². The maximum atomic E-state index is 13.9. The van der Waals surface area contributed by atoms with Gasteiger partial charge in [-0.15, -0.1) is 0 Å². The molecule has 39 heavy (non-hydrogen) atoms. The smallest absolute Gasteiger partial charge is 0.269 e. The molecule has 0 saturated carbocycles. The van der Waals surface area contributed by atoms with Crippen molar-refractivity contribution in [3.63, 3.8) is 0 Å². The minimum absolute atomic E-state index is 0.000815. The van der Waals surface area contributed by atoms with Gasteiger partial charge in [-0.1, -0.05) is 78.7 Å². The zero-order valence-electron chi connectivity index (χ0n) is 21.1. The largest absolute Gasteiger partial charge is 0.354 e. The van der Waals surface area contributed by atoms with E-state index in [1.165, 1.54) is 29.2 Å². The Balaban J connectivity index is 1.73. The topological polar surface area (TPSA) is 104 Å². The van der Waals surface area contributed by atoms with E-state index in [0.717, 1.165) is 5.56 Å². The summed E-state index contributed by atoms with van der Waals surface area (Å²) in [5, 5.41) is 3.52. The third kappa shape index (κ3) is 6.27. The van der Waals surface area contributed by atoms with Crippen LogP contribution in [0.4, 0.5) is 0 Å². The highest BCUT2D eigenvalue weighted by molar-refractivity contribution is 7.90. The van der Waals surface area contributed by atoms with E-state index >= 15 is 0 Å². The van der Waals surface area contributed by atoms with E-state index < -0.39 is 40.3 Å². The zero-order valence-corrected chi connectivity index (χ0v) is 23.5. The number of amides is 3. The minimum atomic E-state index is -4.24. The number of fused-ring (bicyclic) bond motifs is 1. The van der Waals surface area contributed by atoms with E-state index in [2.05, 4.69) is 5.32 Å². The molecule has 4 rings (SSSR count). The molecular formula is C28H27Cl2N3O5S. The summed E-state index contributed by atoms with van der Waals surface area (Å²) >= 11 is 12.5. The van der Waals surface area contributed by atoms with Crippen LogP contribution in [-0.2, 0) is 32.6 Å². The highest BCUT2D eigenvalue weighted by Gasteiger charge is 2.43. The normalized spacial score (nSPS) is 14.5.